The molecule has 0 amide bonds. The van der Waals surface area contributed by atoms with Gasteiger partial charge in [0, 0.05) is 23.3 Å². The number of aromatic nitrogens is 1. The third kappa shape index (κ3) is 2.78. The minimum absolute atomic E-state index is 0.282. The average molecular weight is 245 g/mol. The molecule has 0 saturated heterocycles. The van der Waals surface area contributed by atoms with Gasteiger partial charge in [-0.2, -0.15) is 0 Å². The number of hydrogen-bond donors (Lipinski definition) is 2. The lowest BCUT2D eigenvalue weighted by Crippen LogP contribution is -2.32. The molecule has 70 valence electrons. The fourth-order valence-electron chi connectivity index (χ4n) is 0.885. The lowest BCUT2D eigenvalue weighted by molar-refractivity contribution is -0.138. The summed E-state index contributed by atoms with van der Waals surface area (Å²) in [4.78, 5) is 14.3. The van der Waals surface area contributed by atoms with E-state index in [2.05, 4.69) is 20.9 Å². The highest BCUT2D eigenvalue weighted by molar-refractivity contribution is 9.10. The number of hydrogen-bond acceptors (Lipinski definition) is 3. The predicted octanol–water partition coefficient (Wildman–Crippen LogP) is 0.798. The summed E-state index contributed by atoms with van der Waals surface area (Å²) < 4.78 is 0.833. The van der Waals surface area contributed by atoms with E-state index in [0.717, 1.165) is 10.0 Å². The molecule has 1 atom stereocenters. The van der Waals surface area contributed by atoms with Gasteiger partial charge in [0.2, 0.25) is 0 Å². The van der Waals surface area contributed by atoms with Crippen molar-refractivity contribution in [2.75, 3.05) is 0 Å². The normalized spacial score (nSPS) is 12.5. The minimum atomic E-state index is -1.00. The molecular formula is C8H9BrN2O2. The van der Waals surface area contributed by atoms with Crippen molar-refractivity contribution in [2.45, 2.75) is 12.5 Å². The Labute approximate surface area is 83.9 Å². The molecule has 1 aromatic rings. The van der Waals surface area contributed by atoms with Gasteiger partial charge in [0.05, 0.1) is 0 Å². The Bertz CT molecular complexity index is 317. The van der Waals surface area contributed by atoms with Gasteiger partial charge in [-0.15, -0.1) is 0 Å². The van der Waals surface area contributed by atoms with Gasteiger partial charge in [-0.3, -0.25) is 9.78 Å². The molecule has 0 bridgehead atoms. The van der Waals surface area contributed by atoms with Crippen molar-refractivity contribution in [3.63, 3.8) is 0 Å². The van der Waals surface area contributed by atoms with Crippen molar-refractivity contribution < 1.29 is 9.90 Å². The second kappa shape index (κ2) is 4.34. The molecule has 0 aliphatic rings. The molecule has 4 nitrogen and oxygen atoms in total. The molecule has 13 heavy (non-hydrogen) atoms. The standard InChI is InChI=1S/C8H9BrN2O2/c9-6-1-2-11-4-5(6)3-7(10)8(12)13/h1-2,4,7H,3,10H2,(H,12,13). The van der Waals surface area contributed by atoms with Crippen LogP contribution in [0.5, 0.6) is 0 Å². The first-order valence-electron chi connectivity index (χ1n) is 3.68. The number of aliphatic carboxylic acids is 1. The smallest absolute Gasteiger partial charge is 0.320 e. The summed E-state index contributed by atoms with van der Waals surface area (Å²) in [6.07, 6.45) is 3.51. The van der Waals surface area contributed by atoms with Crippen LogP contribution in [0.4, 0.5) is 0 Å². The molecule has 3 N–H and O–H groups in total. The van der Waals surface area contributed by atoms with Crippen LogP contribution in [0.3, 0.4) is 0 Å². The summed E-state index contributed by atoms with van der Waals surface area (Å²) >= 11 is 3.29. The molecule has 0 aromatic carbocycles. The summed E-state index contributed by atoms with van der Waals surface area (Å²) in [7, 11) is 0. The number of nitrogens with two attached hydrogens (primary N) is 1. The average Bonchev–Trinajstić information content (AvgIpc) is 2.08. The van der Waals surface area contributed by atoms with E-state index in [-0.39, 0.29) is 6.42 Å². The van der Waals surface area contributed by atoms with E-state index in [1.54, 1.807) is 18.5 Å². The molecule has 0 saturated carbocycles. The molecule has 1 rings (SSSR count). The van der Waals surface area contributed by atoms with E-state index in [0.29, 0.717) is 0 Å². The number of carbonyl (C=O) groups is 1. The zero-order valence-corrected chi connectivity index (χ0v) is 8.36. The van der Waals surface area contributed by atoms with Crippen LogP contribution in [0.15, 0.2) is 22.9 Å². The molecular weight excluding hydrogens is 236 g/mol. The second-order valence-electron chi connectivity index (χ2n) is 2.62. The summed E-state index contributed by atoms with van der Waals surface area (Å²) in [6, 6.07) is 0.879. The van der Waals surface area contributed by atoms with Crippen molar-refractivity contribution in [3.8, 4) is 0 Å². The van der Waals surface area contributed by atoms with Crippen LogP contribution in [0.1, 0.15) is 5.56 Å². The molecule has 1 aromatic heterocycles. The van der Waals surface area contributed by atoms with Gasteiger partial charge in [0.15, 0.2) is 0 Å². The van der Waals surface area contributed by atoms with Gasteiger partial charge in [-0.25, -0.2) is 0 Å². The Morgan fingerprint density at radius 1 is 1.77 bits per heavy atom. The largest absolute Gasteiger partial charge is 0.480 e. The predicted molar refractivity (Wildman–Crippen MR) is 51.3 cm³/mol. The summed E-state index contributed by atoms with van der Waals surface area (Å²) in [5.74, 6) is -1.00. The first-order valence-corrected chi connectivity index (χ1v) is 4.47. The van der Waals surface area contributed by atoms with Gasteiger partial charge in [-0.05, 0) is 11.6 Å². The molecule has 0 aliphatic heterocycles. The van der Waals surface area contributed by atoms with Crippen molar-refractivity contribution in [2.24, 2.45) is 5.73 Å². The molecule has 0 fully saturated rings. The third-order valence-corrected chi connectivity index (χ3v) is 2.37. The highest BCUT2D eigenvalue weighted by Gasteiger charge is 2.13. The van der Waals surface area contributed by atoms with Crippen LogP contribution in [0, 0.1) is 0 Å². The molecule has 0 spiro atoms. The van der Waals surface area contributed by atoms with Crippen molar-refractivity contribution in [3.05, 3.63) is 28.5 Å². The van der Waals surface area contributed by atoms with E-state index < -0.39 is 12.0 Å². The quantitative estimate of drug-likeness (QED) is 0.825. The van der Waals surface area contributed by atoms with Gasteiger partial charge in [0.25, 0.3) is 0 Å². The van der Waals surface area contributed by atoms with Crippen LogP contribution in [-0.2, 0) is 11.2 Å². The lowest BCUT2D eigenvalue weighted by atomic mass is 10.1. The Balaban J connectivity index is 2.74. The summed E-state index contributed by atoms with van der Waals surface area (Å²) in [5, 5.41) is 8.57. The van der Waals surface area contributed by atoms with Crippen molar-refractivity contribution >= 4 is 21.9 Å². The van der Waals surface area contributed by atoms with E-state index in [4.69, 9.17) is 10.8 Å². The number of pyridine rings is 1. The van der Waals surface area contributed by atoms with E-state index in [1.807, 2.05) is 0 Å². The van der Waals surface area contributed by atoms with Gasteiger partial charge >= 0.3 is 5.97 Å². The van der Waals surface area contributed by atoms with Crippen LogP contribution in [0.25, 0.3) is 0 Å². The lowest BCUT2D eigenvalue weighted by Gasteiger charge is -2.06. The Morgan fingerprint density at radius 3 is 3.00 bits per heavy atom. The zero-order valence-electron chi connectivity index (χ0n) is 6.77. The maximum Gasteiger partial charge on any atom is 0.320 e. The van der Waals surface area contributed by atoms with Crippen LogP contribution < -0.4 is 5.73 Å². The fourth-order valence-corrected chi connectivity index (χ4v) is 1.27. The first kappa shape index (κ1) is 10.1. The first-order chi connectivity index (χ1) is 6.11. The van der Waals surface area contributed by atoms with Crippen molar-refractivity contribution in [1.82, 2.24) is 4.98 Å². The minimum Gasteiger partial charge on any atom is -0.480 e. The highest BCUT2D eigenvalue weighted by Crippen LogP contribution is 2.15. The topological polar surface area (TPSA) is 76.2 Å². The molecule has 5 heteroatoms. The highest BCUT2D eigenvalue weighted by atomic mass is 79.9. The monoisotopic (exact) mass is 244 g/mol. The maximum absolute atomic E-state index is 10.5. The number of carboxylic acid groups (broad SMARTS) is 1. The summed E-state index contributed by atoms with van der Waals surface area (Å²) in [6.45, 7) is 0. The summed E-state index contributed by atoms with van der Waals surface area (Å²) in [5.41, 5.74) is 6.17. The van der Waals surface area contributed by atoms with Crippen LogP contribution in [0.2, 0.25) is 0 Å². The number of carboxylic acids is 1. The maximum atomic E-state index is 10.5. The number of nitrogens with zero attached hydrogens (tertiary/aromatic N) is 1. The second-order valence-corrected chi connectivity index (χ2v) is 3.47. The number of halogens is 1. The Kier molecular flexibility index (Phi) is 3.39. The number of rotatable bonds is 3. The van der Waals surface area contributed by atoms with Gasteiger partial charge in [-0.1, -0.05) is 15.9 Å². The van der Waals surface area contributed by atoms with Crippen LogP contribution in [-0.4, -0.2) is 22.1 Å². The third-order valence-electron chi connectivity index (χ3n) is 1.60. The SMILES string of the molecule is NC(Cc1cnccc1Br)C(=O)O. The van der Waals surface area contributed by atoms with Crippen LogP contribution >= 0.6 is 15.9 Å². The van der Waals surface area contributed by atoms with Gasteiger partial charge < -0.3 is 10.8 Å². The van der Waals surface area contributed by atoms with E-state index >= 15 is 0 Å². The Hall–Kier alpha value is -0.940. The van der Waals surface area contributed by atoms with E-state index in [9.17, 15) is 4.79 Å². The Morgan fingerprint density at radius 2 is 2.46 bits per heavy atom. The van der Waals surface area contributed by atoms with E-state index in [1.165, 1.54) is 0 Å². The molecule has 1 heterocycles. The molecule has 1 unspecified atom stereocenters. The fraction of sp³-hybridized carbons (Fsp3) is 0.250. The van der Waals surface area contributed by atoms with Crippen molar-refractivity contribution in [1.29, 1.82) is 0 Å². The molecule has 0 aliphatic carbocycles. The zero-order chi connectivity index (χ0) is 9.84. The molecule has 0 radical (unpaired) electrons. The van der Waals surface area contributed by atoms with Gasteiger partial charge in [0.1, 0.15) is 6.04 Å².